The molecule has 2 N–H and O–H groups in total. The van der Waals surface area contributed by atoms with Gasteiger partial charge in [0, 0.05) is 18.3 Å². The molecule has 0 fully saturated rings. The number of nitrogens with zero attached hydrogens (tertiary/aromatic N) is 2. The first-order chi connectivity index (χ1) is 13.4. The van der Waals surface area contributed by atoms with Crippen molar-refractivity contribution >= 4 is 17.5 Å². The van der Waals surface area contributed by atoms with Crippen molar-refractivity contribution < 1.29 is 14.5 Å². The molecule has 1 aromatic heterocycles. The average molecular weight is 382 g/mol. The number of hydrogen-bond donors (Lipinski definition) is 2. The van der Waals surface area contributed by atoms with Crippen LogP contribution >= 0.6 is 0 Å². The highest BCUT2D eigenvalue weighted by molar-refractivity contribution is 5.88. The first-order valence-electron chi connectivity index (χ1n) is 8.04. The second-order valence-corrected chi connectivity index (χ2v) is 5.65. The van der Waals surface area contributed by atoms with E-state index < -0.39 is 22.3 Å². The Morgan fingerprint density at radius 1 is 1.07 bits per heavy atom. The van der Waals surface area contributed by atoms with Crippen LogP contribution in [0.1, 0.15) is 5.56 Å². The third kappa shape index (κ3) is 4.30. The van der Waals surface area contributed by atoms with E-state index in [4.69, 9.17) is 4.74 Å². The lowest BCUT2D eigenvalue weighted by atomic mass is 10.2. The molecule has 0 unspecified atom stereocenters. The van der Waals surface area contributed by atoms with Gasteiger partial charge in [0.2, 0.25) is 0 Å². The number of amides is 1. The van der Waals surface area contributed by atoms with Gasteiger partial charge in [-0.25, -0.2) is 9.59 Å². The highest BCUT2D eigenvalue weighted by atomic mass is 16.6. The Morgan fingerprint density at radius 3 is 2.36 bits per heavy atom. The Morgan fingerprint density at radius 2 is 1.75 bits per heavy atom. The van der Waals surface area contributed by atoms with Crippen LogP contribution in [0.25, 0.3) is 0 Å². The fourth-order valence-electron chi connectivity index (χ4n) is 2.41. The normalized spacial score (nSPS) is 10.3. The van der Waals surface area contributed by atoms with Gasteiger partial charge >= 0.3 is 11.8 Å². The maximum atomic E-state index is 12.7. The maximum absolute atomic E-state index is 12.7. The number of hydrogen-bond acceptors (Lipinski definition) is 6. The van der Waals surface area contributed by atoms with Crippen molar-refractivity contribution in [3.05, 3.63) is 97.3 Å². The van der Waals surface area contributed by atoms with Gasteiger partial charge < -0.3 is 9.72 Å². The number of H-pyrrole nitrogens is 2. The van der Waals surface area contributed by atoms with Crippen LogP contribution in [0, 0.1) is 10.1 Å². The van der Waals surface area contributed by atoms with Crippen LogP contribution in [0.5, 0.6) is 5.75 Å². The Bertz CT molecular complexity index is 1110. The monoisotopic (exact) mass is 382 g/mol. The summed E-state index contributed by atoms with van der Waals surface area (Å²) in [6.07, 6.45) is 0.219. The van der Waals surface area contributed by atoms with E-state index in [1.54, 1.807) is 30.3 Å². The van der Waals surface area contributed by atoms with Gasteiger partial charge in [-0.05, 0) is 17.7 Å². The Balaban J connectivity index is 1.91. The second-order valence-electron chi connectivity index (χ2n) is 5.65. The summed E-state index contributed by atoms with van der Waals surface area (Å²) in [4.78, 5) is 51.7. The number of benzene rings is 2. The molecule has 0 saturated carbocycles. The standard InChI is InChI=1S/C18H14N4O6/c23-16-15(10-19-17(24)20-16)21(11-12-4-2-1-3-5-12)18(25)28-14-8-6-13(7-9-14)22(26)27/h1-10H,11H2,(H2,19,20,23,24). The molecular formula is C18H14N4O6. The van der Waals surface area contributed by atoms with Gasteiger partial charge in [0.25, 0.3) is 11.2 Å². The molecule has 142 valence electrons. The Hall–Kier alpha value is -4.21. The largest absolute Gasteiger partial charge is 0.420 e. The molecule has 0 aliphatic heterocycles. The predicted molar refractivity (Wildman–Crippen MR) is 99.4 cm³/mol. The first kappa shape index (κ1) is 18.6. The number of aromatic amines is 2. The number of rotatable bonds is 5. The van der Waals surface area contributed by atoms with Crippen LogP contribution in [0.4, 0.5) is 16.2 Å². The molecule has 1 heterocycles. The third-order valence-corrected chi connectivity index (χ3v) is 3.75. The minimum Gasteiger partial charge on any atom is -0.410 e. The number of nitro groups is 1. The zero-order valence-corrected chi connectivity index (χ0v) is 14.3. The summed E-state index contributed by atoms with van der Waals surface area (Å²) in [5.74, 6) is 0.0644. The maximum Gasteiger partial charge on any atom is 0.420 e. The van der Waals surface area contributed by atoms with E-state index in [0.29, 0.717) is 5.56 Å². The summed E-state index contributed by atoms with van der Waals surface area (Å²) in [5.41, 5.74) is -1.03. The summed E-state index contributed by atoms with van der Waals surface area (Å²) < 4.78 is 5.24. The van der Waals surface area contributed by atoms with E-state index in [-0.39, 0.29) is 23.7 Å². The van der Waals surface area contributed by atoms with Crippen molar-refractivity contribution in [2.75, 3.05) is 4.90 Å². The lowest BCUT2D eigenvalue weighted by molar-refractivity contribution is -0.384. The van der Waals surface area contributed by atoms with Crippen molar-refractivity contribution in [3.63, 3.8) is 0 Å². The molecule has 10 nitrogen and oxygen atoms in total. The van der Waals surface area contributed by atoms with Gasteiger partial charge in [-0.15, -0.1) is 0 Å². The number of nitrogens with one attached hydrogen (secondary N) is 2. The van der Waals surface area contributed by atoms with E-state index in [2.05, 4.69) is 9.97 Å². The van der Waals surface area contributed by atoms with Gasteiger partial charge in [-0.3, -0.25) is 24.8 Å². The van der Waals surface area contributed by atoms with Crippen molar-refractivity contribution in [2.24, 2.45) is 0 Å². The molecule has 3 rings (SSSR count). The molecule has 0 spiro atoms. The first-order valence-corrected chi connectivity index (χ1v) is 8.04. The van der Waals surface area contributed by atoms with E-state index in [9.17, 15) is 24.5 Å². The summed E-state index contributed by atoms with van der Waals surface area (Å²) in [6.45, 7) is 0.00176. The van der Waals surface area contributed by atoms with Crippen molar-refractivity contribution in [1.29, 1.82) is 0 Å². The summed E-state index contributed by atoms with van der Waals surface area (Å²) in [6, 6.07) is 13.8. The smallest absolute Gasteiger partial charge is 0.410 e. The summed E-state index contributed by atoms with van der Waals surface area (Å²) in [7, 11) is 0. The molecule has 3 aromatic rings. The molecule has 0 aliphatic carbocycles. The van der Waals surface area contributed by atoms with Crippen LogP contribution in [0.15, 0.2) is 70.4 Å². The van der Waals surface area contributed by atoms with Gasteiger partial charge in [0.1, 0.15) is 11.4 Å². The van der Waals surface area contributed by atoms with Gasteiger partial charge in [0.05, 0.1) is 11.5 Å². The zero-order chi connectivity index (χ0) is 20.1. The van der Waals surface area contributed by atoms with E-state index in [1.165, 1.54) is 24.3 Å². The molecule has 0 atom stereocenters. The minimum atomic E-state index is -0.893. The van der Waals surface area contributed by atoms with Crippen LogP contribution < -0.4 is 20.9 Å². The van der Waals surface area contributed by atoms with Gasteiger partial charge in [-0.1, -0.05) is 30.3 Å². The molecule has 1 amide bonds. The number of aromatic nitrogens is 2. The predicted octanol–water partition coefficient (Wildman–Crippen LogP) is 2.18. The second kappa shape index (κ2) is 7.99. The summed E-state index contributed by atoms with van der Waals surface area (Å²) in [5, 5.41) is 10.7. The molecule has 10 heteroatoms. The topological polar surface area (TPSA) is 138 Å². The number of nitro benzene ring substituents is 1. The van der Waals surface area contributed by atoms with Crippen LogP contribution in [-0.2, 0) is 6.54 Å². The number of non-ortho nitro benzene ring substituents is 1. The van der Waals surface area contributed by atoms with Crippen LogP contribution in [0.2, 0.25) is 0 Å². The van der Waals surface area contributed by atoms with Crippen molar-refractivity contribution in [1.82, 2.24) is 9.97 Å². The molecule has 0 radical (unpaired) electrons. The van der Waals surface area contributed by atoms with Gasteiger partial charge in [0.15, 0.2) is 0 Å². The highest BCUT2D eigenvalue weighted by Gasteiger charge is 2.22. The molecule has 0 saturated heterocycles. The zero-order valence-electron chi connectivity index (χ0n) is 14.3. The fourth-order valence-corrected chi connectivity index (χ4v) is 2.41. The molecular weight excluding hydrogens is 368 g/mol. The lowest BCUT2D eigenvalue weighted by Gasteiger charge is -2.21. The molecule has 0 aliphatic rings. The van der Waals surface area contributed by atoms with Crippen molar-refractivity contribution in [3.8, 4) is 5.75 Å². The van der Waals surface area contributed by atoms with E-state index in [0.717, 1.165) is 11.1 Å². The number of ether oxygens (including phenoxy) is 1. The minimum absolute atomic E-state index is 0.00176. The Labute approximate surface area is 157 Å². The lowest BCUT2D eigenvalue weighted by Crippen LogP contribution is -2.38. The highest BCUT2D eigenvalue weighted by Crippen LogP contribution is 2.20. The molecule has 2 aromatic carbocycles. The third-order valence-electron chi connectivity index (χ3n) is 3.75. The van der Waals surface area contributed by atoms with E-state index >= 15 is 0 Å². The summed E-state index contributed by atoms with van der Waals surface area (Å²) >= 11 is 0. The quantitative estimate of drug-likeness (QED) is 0.512. The van der Waals surface area contributed by atoms with Gasteiger partial charge in [-0.2, -0.15) is 0 Å². The average Bonchev–Trinajstić information content (AvgIpc) is 2.68. The van der Waals surface area contributed by atoms with Crippen LogP contribution in [0.3, 0.4) is 0 Å². The SMILES string of the molecule is O=C(Oc1ccc([N+](=O)[O-])cc1)N(Cc1ccccc1)c1c[nH]c(=O)[nH]c1=O. The fraction of sp³-hybridized carbons (Fsp3) is 0.0556. The van der Waals surface area contributed by atoms with Crippen LogP contribution in [-0.4, -0.2) is 21.0 Å². The Kier molecular flexibility index (Phi) is 5.30. The number of carbonyl (C=O) groups excluding carboxylic acids is 1. The number of carbonyl (C=O) groups is 1. The molecule has 0 bridgehead atoms. The molecule has 28 heavy (non-hydrogen) atoms. The number of anilines is 1. The van der Waals surface area contributed by atoms with E-state index in [1.807, 2.05) is 0 Å². The van der Waals surface area contributed by atoms with Crippen molar-refractivity contribution in [2.45, 2.75) is 6.54 Å².